The molecule has 0 radical (unpaired) electrons. The Morgan fingerprint density at radius 1 is 0.957 bits per heavy atom. The van der Waals surface area contributed by atoms with E-state index in [1.54, 1.807) is 0 Å². The van der Waals surface area contributed by atoms with Gasteiger partial charge in [0, 0.05) is 6.07 Å². The summed E-state index contributed by atoms with van der Waals surface area (Å²) in [7, 11) is 1.01. The molecule has 0 bridgehead atoms. The standard InChI is InChI=1S/C14H9F6NO2/c1-22-13-10(3-2-7(15)12(13)17)23-11-4-6(14(18,19)20)8(16)5-9(11)21/h2-5H,21H2,1H3. The van der Waals surface area contributed by atoms with E-state index in [4.69, 9.17) is 10.5 Å². The summed E-state index contributed by atoms with van der Waals surface area (Å²) in [4.78, 5) is 0. The first-order chi connectivity index (χ1) is 10.6. The molecule has 2 aromatic carbocycles. The van der Waals surface area contributed by atoms with Crippen molar-refractivity contribution < 1.29 is 35.8 Å². The molecule has 0 fully saturated rings. The van der Waals surface area contributed by atoms with E-state index in [9.17, 15) is 26.3 Å². The maximum absolute atomic E-state index is 13.5. The van der Waals surface area contributed by atoms with Crippen molar-refractivity contribution in [2.45, 2.75) is 6.18 Å². The lowest BCUT2D eigenvalue weighted by Gasteiger charge is -2.15. The van der Waals surface area contributed by atoms with Crippen molar-refractivity contribution >= 4 is 5.69 Å². The molecule has 124 valence electrons. The van der Waals surface area contributed by atoms with Gasteiger partial charge in [-0.05, 0) is 18.2 Å². The van der Waals surface area contributed by atoms with Crippen LogP contribution in [-0.2, 0) is 6.18 Å². The summed E-state index contributed by atoms with van der Waals surface area (Å²) in [5.74, 6) is -5.87. The van der Waals surface area contributed by atoms with Gasteiger partial charge in [-0.25, -0.2) is 8.78 Å². The van der Waals surface area contributed by atoms with Crippen molar-refractivity contribution in [1.82, 2.24) is 0 Å². The van der Waals surface area contributed by atoms with Crippen LogP contribution in [0, 0.1) is 17.5 Å². The van der Waals surface area contributed by atoms with Crippen molar-refractivity contribution in [2.75, 3.05) is 12.8 Å². The summed E-state index contributed by atoms with van der Waals surface area (Å²) in [6.07, 6.45) is -4.98. The first kappa shape index (κ1) is 16.8. The second-order valence-corrected chi connectivity index (χ2v) is 4.36. The first-order valence-electron chi connectivity index (χ1n) is 6.01. The fourth-order valence-electron chi connectivity index (χ4n) is 1.78. The summed E-state index contributed by atoms with van der Waals surface area (Å²) in [6, 6.07) is 2.38. The Morgan fingerprint density at radius 2 is 1.61 bits per heavy atom. The van der Waals surface area contributed by atoms with E-state index in [2.05, 4.69) is 4.74 Å². The van der Waals surface area contributed by atoms with Crippen LogP contribution in [0.3, 0.4) is 0 Å². The van der Waals surface area contributed by atoms with Gasteiger partial charge in [0.1, 0.15) is 5.82 Å². The molecule has 2 aromatic rings. The highest BCUT2D eigenvalue weighted by Crippen LogP contribution is 2.40. The predicted molar refractivity (Wildman–Crippen MR) is 68.8 cm³/mol. The van der Waals surface area contributed by atoms with Crippen molar-refractivity contribution in [2.24, 2.45) is 0 Å². The zero-order valence-electron chi connectivity index (χ0n) is 11.5. The molecule has 0 aliphatic heterocycles. The Morgan fingerprint density at radius 3 is 2.17 bits per heavy atom. The average Bonchev–Trinajstić information content (AvgIpc) is 2.44. The number of alkyl halides is 3. The fourth-order valence-corrected chi connectivity index (χ4v) is 1.78. The van der Waals surface area contributed by atoms with Gasteiger partial charge in [-0.15, -0.1) is 0 Å². The van der Waals surface area contributed by atoms with Crippen LogP contribution in [0.15, 0.2) is 24.3 Å². The van der Waals surface area contributed by atoms with E-state index in [1.165, 1.54) is 0 Å². The van der Waals surface area contributed by atoms with Gasteiger partial charge in [-0.2, -0.15) is 17.6 Å². The number of anilines is 1. The van der Waals surface area contributed by atoms with Crippen molar-refractivity contribution in [1.29, 1.82) is 0 Å². The summed E-state index contributed by atoms with van der Waals surface area (Å²) in [6.45, 7) is 0. The molecule has 2 rings (SSSR count). The van der Waals surface area contributed by atoms with E-state index in [-0.39, 0.29) is 0 Å². The Balaban J connectivity index is 2.51. The maximum atomic E-state index is 13.5. The van der Waals surface area contributed by atoms with Gasteiger partial charge in [-0.1, -0.05) is 0 Å². The molecule has 0 spiro atoms. The molecule has 0 unspecified atom stereocenters. The Bertz CT molecular complexity index is 745. The highest BCUT2D eigenvalue weighted by Gasteiger charge is 2.35. The Hall–Kier alpha value is -2.58. The summed E-state index contributed by atoms with van der Waals surface area (Å²) >= 11 is 0. The van der Waals surface area contributed by atoms with Gasteiger partial charge in [-0.3, -0.25) is 0 Å². The molecule has 0 aliphatic carbocycles. The van der Waals surface area contributed by atoms with Crippen LogP contribution in [0.25, 0.3) is 0 Å². The number of benzene rings is 2. The highest BCUT2D eigenvalue weighted by molar-refractivity contribution is 5.57. The number of methoxy groups -OCH3 is 1. The van der Waals surface area contributed by atoms with Gasteiger partial charge in [0.25, 0.3) is 0 Å². The normalized spacial score (nSPS) is 11.4. The number of nitrogen functional groups attached to an aromatic ring is 1. The van der Waals surface area contributed by atoms with E-state index < -0.39 is 52.1 Å². The molecule has 0 saturated heterocycles. The fraction of sp³-hybridized carbons (Fsp3) is 0.143. The Kier molecular flexibility index (Phi) is 4.31. The highest BCUT2D eigenvalue weighted by atomic mass is 19.4. The van der Waals surface area contributed by atoms with E-state index in [0.29, 0.717) is 18.2 Å². The smallest absolute Gasteiger partial charge is 0.419 e. The van der Waals surface area contributed by atoms with Gasteiger partial charge in [0.15, 0.2) is 17.3 Å². The summed E-state index contributed by atoms with van der Waals surface area (Å²) in [5.41, 5.74) is 3.34. The van der Waals surface area contributed by atoms with Crippen molar-refractivity contribution in [3.63, 3.8) is 0 Å². The van der Waals surface area contributed by atoms with Crippen molar-refractivity contribution in [3.8, 4) is 17.2 Å². The average molecular weight is 337 g/mol. The molecule has 0 aromatic heterocycles. The third-order valence-electron chi connectivity index (χ3n) is 2.84. The zero-order valence-corrected chi connectivity index (χ0v) is 11.5. The summed E-state index contributed by atoms with van der Waals surface area (Å²) in [5, 5.41) is 0. The molecule has 3 nitrogen and oxygen atoms in total. The largest absolute Gasteiger partial charge is 0.490 e. The third kappa shape index (κ3) is 3.27. The maximum Gasteiger partial charge on any atom is 0.419 e. The lowest BCUT2D eigenvalue weighted by atomic mass is 10.1. The molecular formula is C14H9F6NO2. The molecule has 2 N–H and O–H groups in total. The first-order valence-corrected chi connectivity index (χ1v) is 6.01. The van der Waals surface area contributed by atoms with Crippen LogP contribution >= 0.6 is 0 Å². The molecule has 23 heavy (non-hydrogen) atoms. The predicted octanol–water partition coefficient (Wildman–Crippen LogP) is 4.51. The second-order valence-electron chi connectivity index (χ2n) is 4.36. The van der Waals surface area contributed by atoms with Crippen LogP contribution in [-0.4, -0.2) is 7.11 Å². The minimum atomic E-state index is -4.98. The van der Waals surface area contributed by atoms with Crippen LogP contribution in [0.1, 0.15) is 5.56 Å². The minimum Gasteiger partial charge on any atom is -0.490 e. The summed E-state index contributed by atoms with van der Waals surface area (Å²) < 4.78 is 87.7. The topological polar surface area (TPSA) is 44.5 Å². The Labute approximate surface area is 126 Å². The lowest BCUT2D eigenvalue weighted by molar-refractivity contribution is -0.140. The quantitative estimate of drug-likeness (QED) is 0.662. The monoisotopic (exact) mass is 337 g/mol. The van der Waals surface area contributed by atoms with E-state index in [0.717, 1.165) is 13.2 Å². The third-order valence-corrected chi connectivity index (χ3v) is 2.84. The molecule has 0 aliphatic rings. The minimum absolute atomic E-state index is 0.325. The van der Waals surface area contributed by atoms with Gasteiger partial charge in [0.05, 0.1) is 18.4 Å². The number of nitrogens with two attached hydrogens (primary N) is 1. The number of rotatable bonds is 3. The van der Waals surface area contributed by atoms with Crippen LogP contribution < -0.4 is 15.2 Å². The van der Waals surface area contributed by atoms with Crippen LogP contribution in [0.2, 0.25) is 0 Å². The number of hydrogen-bond donors (Lipinski definition) is 1. The van der Waals surface area contributed by atoms with E-state index >= 15 is 0 Å². The van der Waals surface area contributed by atoms with Gasteiger partial charge in [0.2, 0.25) is 11.6 Å². The van der Waals surface area contributed by atoms with Gasteiger partial charge >= 0.3 is 6.18 Å². The molecule has 0 saturated carbocycles. The molecular weight excluding hydrogens is 328 g/mol. The zero-order chi connectivity index (χ0) is 17.4. The second kappa shape index (κ2) is 5.90. The molecule has 0 amide bonds. The molecule has 0 atom stereocenters. The SMILES string of the molecule is COc1c(Oc2cc(C(F)(F)F)c(F)cc2N)ccc(F)c1F. The van der Waals surface area contributed by atoms with E-state index in [1.807, 2.05) is 0 Å². The van der Waals surface area contributed by atoms with Crippen LogP contribution in [0.4, 0.5) is 32.0 Å². The lowest BCUT2D eigenvalue weighted by Crippen LogP contribution is -2.09. The van der Waals surface area contributed by atoms with Crippen molar-refractivity contribution in [3.05, 3.63) is 47.3 Å². The number of hydrogen-bond acceptors (Lipinski definition) is 3. The van der Waals surface area contributed by atoms with Crippen LogP contribution in [0.5, 0.6) is 17.2 Å². The molecule has 0 heterocycles. The molecule has 9 heteroatoms. The number of halogens is 6. The number of ether oxygens (including phenoxy) is 2. The van der Waals surface area contributed by atoms with Gasteiger partial charge < -0.3 is 15.2 Å².